The molecule has 2 aromatic heterocycles. The summed E-state index contributed by atoms with van der Waals surface area (Å²) in [5, 5.41) is 10.8. The highest BCUT2D eigenvalue weighted by Crippen LogP contribution is 2.39. The quantitative estimate of drug-likeness (QED) is 0.408. The maximum absolute atomic E-state index is 13.1. The average molecular weight is 392 g/mol. The van der Waals surface area contributed by atoms with Crippen LogP contribution in [0.25, 0.3) is 5.76 Å². The highest BCUT2D eigenvalue weighted by Gasteiger charge is 2.47. The first-order valence-electron chi connectivity index (χ1n) is 9.03. The maximum Gasteiger partial charge on any atom is 0.295 e. The van der Waals surface area contributed by atoms with Crippen LogP contribution in [0.4, 0.5) is 4.39 Å². The fourth-order valence-corrected chi connectivity index (χ4v) is 3.42. The van der Waals surface area contributed by atoms with Crippen molar-refractivity contribution in [3.63, 3.8) is 0 Å². The molecule has 0 aliphatic carbocycles. The summed E-state index contributed by atoms with van der Waals surface area (Å²) in [6, 6.07) is 11.5. The largest absolute Gasteiger partial charge is 0.507 e. The van der Waals surface area contributed by atoms with Crippen LogP contribution in [0.1, 0.15) is 22.9 Å². The fraction of sp³-hybridized carbons (Fsp3) is 0.136. The van der Waals surface area contributed by atoms with E-state index in [0.717, 1.165) is 5.56 Å². The van der Waals surface area contributed by atoms with Crippen LogP contribution in [0.2, 0.25) is 0 Å². The number of aliphatic hydroxyl groups excluding tert-OH is 1. The third-order valence-corrected chi connectivity index (χ3v) is 4.86. The molecular formula is C22H17FN2O4. The van der Waals surface area contributed by atoms with Crippen molar-refractivity contribution >= 4 is 17.4 Å². The molecule has 1 aliphatic rings. The van der Waals surface area contributed by atoms with Crippen molar-refractivity contribution in [2.45, 2.75) is 12.5 Å². The Morgan fingerprint density at radius 3 is 2.48 bits per heavy atom. The van der Waals surface area contributed by atoms with E-state index in [9.17, 15) is 19.1 Å². The van der Waals surface area contributed by atoms with E-state index in [2.05, 4.69) is 4.98 Å². The normalized spacial score (nSPS) is 18.4. The van der Waals surface area contributed by atoms with Gasteiger partial charge in [-0.05, 0) is 48.4 Å². The number of aromatic nitrogens is 1. The fourth-order valence-electron chi connectivity index (χ4n) is 3.42. The highest BCUT2D eigenvalue weighted by molar-refractivity contribution is 6.46. The van der Waals surface area contributed by atoms with Crippen LogP contribution in [0.15, 0.2) is 77.2 Å². The minimum atomic E-state index is -0.849. The van der Waals surface area contributed by atoms with Gasteiger partial charge in [0.25, 0.3) is 11.7 Å². The third kappa shape index (κ3) is 3.54. The topological polar surface area (TPSA) is 83.6 Å². The van der Waals surface area contributed by atoms with Gasteiger partial charge in [0.1, 0.15) is 23.4 Å². The SMILES string of the molecule is O=C1C(=O)N(CCc2ccc(F)cc2)C(c2ccco2)/C1=C(/O)c1ccncc1. The van der Waals surface area contributed by atoms with Crippen molar-refractivity contribution in [2.75, 3.05) is 6.54 Å². The van der Waals surface area contributed by atoms with Crippen molar-refractivity contribution in [3.05, 3.63) is 95.5 Å². The molecule has 0 spiro atoms. The number of benzene rings is 1. The van der Waals surface area contributed by atoms with Crippen molar-refractivity contribution in [3.8, 4) is 0 Å². The molecule has 6 nitrogen and oxygen atoms in total. The molecule has 3 aromatic rings. The number of amides is 1. The number of carbonyl (C=O) groups excluding carboxylic acids is 2. The van der Waals surface area contributed by atoms with E-state index in [1.165, 1.54) is 35.7 Å². The Hall–Kier alpha value is -3.74. The summed E-state index contributed by atoms with van der Waals surface area (Å²) < 4.78 is 18.6. The number of rotatable bonds is 5. The van der Waals surface area contributed by atoms with Crippen molar-refractivity contribution in [1.29, 1.82) is 0 Å². The molecule has 1 amide bonds. The van der Waals surface area contributed by atoms with Crippen molar-refractivity contribution in [1.82, 2.24) is 9.88 Å². The summed E-state index contributed by atoms with van der Waals surface area (Å²) in [6.07, 6.45) is 4.84. The molecule has 1 N–H and O–H groups in total. The number of hydrogen-bond acceptors (Lipinski definition) is 5. The van der Waals surface area contributed by atoms with Gasteiger partial charge < -0.3 is 14.4 Å². The zero-order valence-corrected chi connectivity index (χ0v) is 15.3. The Morgan fingerprint density at radius 2 is 1.83 bits per heavy atom. The molecule has 0 radical (unpaired) electrons. The molecule has 1 saturated heterocycles. The van der Waals surface area contributed by atoms with Crippen molar-refractivity contribution < 1.29 is 23.5 Å². The predicted molar refractivity (Wildman–Crippen MR) is 102 cm³/mol. The summed E-state index contributed by atoms with van der Waals surface area (Å²) in [5.41, 5.74) is 1.17. The lowest BCUT2D eigenvalue weighted by atomic mass is 9.99. The molecule has 1 aromatic carbocycles. The van der Waals surface area contributed by atoms with Gasteiger partial charge in [0.05, 0.1) is 11.8 Å². The lowest BCUT2D eigenvalue weighted by molar-refractivity contribution is -0.140. The Kier molecular flexibility index (Phi) is 4.95. The molecule has 7 heteroatoms. The van der Waals surface area contributed by atoms with Gasteiger partial charge in [-0.1, -0.05) is 12.1 Å². The van der Waals surface area contributed by atoms with Crippen LogP contribution < -0.4 is 0 Å². The van der Waals surface area contributed by atoms with E-state index in [-0.39, 0.29) is 23.7 Å². The van der Waals surface area contributed by atoms with Crippen LogP contribution in [0, 0.1) is 5.82 Å². The number of halogens is 1. The van der Waals surface area contributed by atoms with Gasteiger partial charge in [-0.2, -0.15) is 0 Å². The Balaban J connectivity index is 1.72. The first kappa shape index (κ1) is 18.6. The molecule has 1 atom stereocenters. The Bertz CT molecular complexity index is 1060. The van der Waals surface area contributed by atoms with Crippen LogP contribution in [-0.4, -0.2) is 33.2 Å². The standard InChI is InChI=1S/C22H17FN2O4/c23-16-5-3-14(4-6-16)9-12-25-19(17-2-1-13-29-17)18(21(27)22(25)28)20(26)15-7-10-24-11-8-15/h1-8,10-11,13,19,26H,9,12H2/b20-18-. The first-order chi connectivity index (χ1) is 14.1. The van der Waals surface area contributed by atoms with Gasteiger partial charge in [0.2, 0.25) is 0 Å². The van der Waals surface area contributed by atoms with Gasteiger partial charge >= 0.3 is 0 Å². The van der Waals surface area contributed by atoms with Gasteiger partial charge in [-0.3, -0.25) is 14.6 Å². The second-order valence-corrected chi connectivity index (χ2v) is 6.62. The number of nitrogens with zero attached hydrogens (tertiary/aromatic N) is 2. The zero-order chi connectivity index (χ0) is 20.4. The third-order valence-electron chi connectivity index (χ3n) is 4.86. The van der Waals surface area contributed by atoms with E-state index in [4.69, 9.17) is 4.42 Å². The summed E-state index contributed by atoms with van der Waals surface area (Å²) in [7, 11) is 0. The smallest absolute Gasteiger partial charge is 0.295 e. The van der Waals surface area contributed by atoms with E-state index < -0.39 is 17.7 Å². The molecule has 4 rings (SSSR count). The number of pyridine rings is 1. The lowest BCUT2D eigenvalue weighted by Gasteiger charge is -2.23. The van der Waals surface area contributed by atoms with Crippen LogP contribution >= 0.6 is 0 Å². The predicted octanol–water partition coefficient (Wildman–Crippen LogP) is 3.48. The summed E-state index contributed by atoms with van der Waals surface area (Å²) in [6.45, 7) is 0.203. The number of aliphatic hydroxyl groups is 1. The number of Topliss-reactive ketones (excluding diaryl/α,β-unsaturated/α-hetero) is 1. The lowest BCUT2D eigenvalue weighted by Crippen LogP contribution is -2.31. The monoisotopic (exact) mass is 392 g/mol. The molecule has 0 bridgehead atoms. The van der Waals surface area contributed by atoms with Crippen molar-refractivity contribution in [2.24, 2.45) is 0 Å². The number of carbonyl (C=O) groups is 2. The number of hydrogen-bond donors (Lipinski definition) is 1. The molecule has 3 heterocycles. The van der Waals surface area contributed by atoms with Gasteiger partial charge in [0.15, 0.2) is 0 Å². The minimum Gasteiger partial charge on any atom is -0.507 e. The summed E-state index contributed by atoms with van der Waals surface area (Å²) in [5.74, 6) is -1.75. The minimum absolute atomic E-state index is 0.0322. The molecule has 0 saturated carbocycles. The number of likely N-dealkylation sites (tertiary alicyclic amines) is 1. The summed E-state index contributed by atoms with van der Waals surface area (Å²) >= 11 is 0. The van der Waals surface area contributed by atoms with Gasteiger partial charge in [-0.15, -0.1) is 0 Å². The van der Waals surface area contributed by atoms with Crippen LogP contribution in [-0.2, 0) is 16.0 Å². The summed E-state index contributed by atoms with van der Waals surface area (Å²) in [4.78, 5) is 30.8. The van der Waals surface area contributed by atoms with E-state index in [0.29, 0.717) is 17.7 Å². The average Bonchev–Trinajstić information content (AvgIpc) is 3.35. The molecule has 1 unspecified atom stereocenters. The highest BCUT2D eigenvalue weighted by atomic mass is 19.1. The van der Waals surface area contributed by atoms with E-state index in [1.807, 2.05) is 0 Å². The second-order valence-electron chi connectivity index (χ2n) is 6.62. The molecule has 146 valence electrons. The number of ketones is 1. The van der Waals surface area contributed by atoms with E-state index in [1.54, 1.807) is 36.4 Å². The zero-order valence-electron chi connectivity index (χ0n) is 15.3. The molecule has 1 aliphatic heterocycles. The van der Waals surface area contributed by atoms with Gasteiger partial charge in [-0.25, -0.2) is 4.39 Å². The number of furan rings is 1. The van der Waals surface area contributed by atoms with Gasteiger partial charge in [0, 0.05) is 24.5 Å². The molecule has 1 fully saturated rings. The Labute approximate surface area is 165 Å². The van der Waals surface area contributed by atoms with Crippen LogP contribution in [0.3, 0.4) is 0 Å². The van der Waals surface area contributed by atoms with E-state index >= 15 is 0 Å². The second kappa shape index (κ2) is 7.71. The molecular weight excluding hydrogens is 375 g/mol. The van der Waals surface area contributed by atoms with Crippen LogP contribution in [0.5, 0.6) is 0 Å². The maximum atomic E-state index is 13.1. The Morgan fingerprint density at radius 1 is 1.10 bits per heavy atom. The molecule has 29 heavy (non-hydrogen) atoms. The first-order valence-corrected chi connectivity index (χ1v) is 9.03.